The summed E-state index contributed by atoms with van der Waals surface area (Å²) < 4.78 is 29.4. The van der Waals surface area contributed by atoms with Crippen LogP contribution in [-0.2, 0) is 14.8 Å². The second-order valence-corrected chi connectivity index (χ2v) is 10.8. The zero-order valence-electron chi connectivity index (χ0n) is 19.3. The van der Waals surface area contributed by atoms with Crippen molar-refractivity contribution in [2.75, 3.05) is 10.8 Å². The monoisotopic (exact) mass is 575 g/mol. The third-order valence-corrected chi connectivity index (χ3v) is 7.89. The van der Waals surface area contributed by atoms with E-state index in [1.807, 2.05) is 37.3 Å². The van der Waals surface area contributed by atoms with Crippen molar-refractivity contribution in [2.45, 2.75) is 11.8 Å². The molecule has 4 rings (SSSR count). The molecule has 4 aromatic rings. The summed E-state index contributed by atoms with van der Waals surface area (Å²) >= 11 is 18.6. The van der Waals surface area contributed by atoms with Crippen LogP contribution in [0.25, 0.3) is 5.69 Å². The lowest BCUT2D eigenvalue weighted by atomic mass is 10.2. The Labute approximate surface area is 229 Å². The first-order valence-corrected chi connectivity index (χ1v) is 13.4. The van der Waals surface area contributed by atoms with E-state index < -0.39 is 22.5 Å². The first-order chi connectivity index (χ1) is 17.7. The fourth-order valence-corrected chi connectivity index (χ4v) is 5.77. The zero-order valence-corrected chi connectivity index (χ0v) is 22.4. The van der Waals surface area contributed by atoms with Gasteiger partial charge in [-0.15, -0.1) is 0 Å². The maximum atomic E-state index is 13.4. The highest BCUT2D eigenvalue weighted by atomic mass is 35.5. The number of sulfonamides is 1. The average Bonchev–Trinajstić information content (AvgIpc) is 3.17. The van der Waals surface area contributed by atoms with Gasteiger partial charge in [0.25, 0.3) is 15.9 Å². The van der Waals surface area contributed by atoms with Gasteiger partial charge in [0.15, 0.2) is 5.15 Å². The van der Waals surface area contributed by atoms with Crippen molar-refractivity contribution in [1.82, 2.24) is 15.2 Å². The fourth-order valence-electron chi connectivity index (χ4n) is 3.48. The molecule has 0 saturated heterocycles. The number of nitrogens with one attached hydrogen (secondary N) is 1. The Kier molecular flexibility index (Phi) is 8.19. The van der Waals surface area contributed by atoms with E-state index in [0.29, 0.717) is 16.3 Å². The Morgan fingerprint density at radius 2 is 1.68 bits per heavy atom. The molecule has 8 nitrogen and oxygen atoms in total. The third kappa shape index (κ3) is 5.97. The molecule has 0 spiro atoms. The van der Waals surface area contributed by atoms with Crippen LogP contribution < -0.4 is 9.73 Å². The zero-order chi connectivity index (χ0) is 26.6. The van der Waals surface area contributed by atoms with E-state index in [2.05, 4.69) is 15.6 Å². The largest absolute Gasteiger partial charge is 0.271 e. The smallest absolute Gasteiger partial charge is 0.264 e. The van der Waals surface area contributed by atoms with Crippen molar-refractivity contribution in [3.05, 3.63) is 105 Å². The van der Waals surface area contributed by atoms with Crippen LogP contribution >= 0.6 is 34.8 Å². The summed E-state index contributed by atoms with van der Waals surface area (Å²) in [5.74, 6) is -0.703. The van der Waals surface area contributed by atoms with Gasteiger partial charge in [-0.3, -0.25) is 9.10 Å². The second-order valence-electron chi connectivity index (χ2n) is 7.75. The first-order valence-electron chi connectivity index (χ1n) is 10.8. The second kappa shape index (κ2) is 11.4. The molecule has 1 heterocycles. The number of halogens is 3. The molecule has 3 aromatic carbocycles. The number of aromatic nitrogens is 2. The standard InChI is InChI=1S/C25H20Cl3N5O3S/c1-17-21(25(28)31-33(17)19-8-4-2-5-9-19)15-29-30-24(34)16-32(23-13-12-18(26)14-22(23)27)37(35,36)20-10-6-3-7-11-20/h2-15H,16H2,1H3,(H,30,34)/b29-15-. The average molecular weight is 577 g/mol. The number of carbonyl (C=O) groups excluding carboxylic acids is 1. The number of carbonyl (C=O) groups is 1. The van der Waals surface area contributed by atoms with E-state index in [-0.39, 0.29) is 20.8 Å². The summed E-state index contributed by atoms with van der Waals surface area (Å²) in [6.45, 7) is 1.22. The predicted octanol–water partition coefficient (Wildman–Crippen LogP) is 5.49. The van der Waals surface area contributed by atoms with E-state index in [1.54, 1.807) is 22.9 Å². The van der Waals surface area contributed by atoms with Crippen LogP contribution in [0.15, 0.2) is 88.9 Å². The summed E-state index contributed by atoms with van der Waals surface area (Å²) in [6, 6.07) is 21.4. The van der Waals surface area contributed by atoms with Crippen LogP contribution in [0.4, 0.5) is 5.69 Å². The maximum absolute atomic E-state index is 13.4. The van der Waals surface area contributed by atoms with Gasteiger partial charge < -0.3 is 0 Å². The predicted molar refractivity (Wildman–Crippen MR) is 146 cm³/mol. The van der Waals surface area contributed by atoms with E-state index in [1.165, 1.54) is 36.5 Å². The van der Waals surface area contributed by atoms with Gasteiger partial charge in [-0.1, -0.05) is 71.2 Å². The van der Waals surface area contributed by atoms with Gasteiger partial charge in [-0.2, -0.15) is 10.2 Å². The van der Waals surface area contributed by atoms with Gasteiger partial charge in [0, 0.05) is 5.02 Å². The molecule has 1 amide bonds. The molecule has 1 aromatic heterocycles. The number of hydrogen-bond acceptors (Lipinski definition) is 5. The molecule has 190 valence electrons. The molecule has 0 aliphatic rings. The van der Waals surface area contributed by atoms with Gasteiger partial charge in [0.2, 0.25) is 0 Å². The molecule has 0 bridgehead atoms. The summed E-state index contributed by atoms with van der Waals surface area (Å²) in [7, 11) is -4.14. The van der Waals surface area contributed by atoms with Crippen molar-refractivity contribution in [2.24, 2.45) is 5.10 Å². The fraction of sp³-hybridized carbons (Fsp3) is 0.0800. The molecular weight excluding hydrogens is 557 g/mol. The minimum Gasteiger partial charge on any atom is -0.271 e. The molecule has 0 radical (unpaired) electrons. The lowest BCUT2D eigenvalue weighted by molar-refractivity contribution is -0.119. The number of hydrogen-bond donors (Lipinski definition) is 1. The topological polar surface area (TPSA) is 96.7 Å². The van der Waals surface area contributed by atoms with Crippen molar-refractivity contribution >= 4 is 62.6 Å². The Bertz CT molecular complexity index is 1560. The molecule has 0 atom stereocenters. The van der Waals surface area contributed by atoms with Crippen molar-refractivity contribution < 1.29 is 13.2 Å². The molecule has 0 aliphatic carbocycles. The first kappa shape index (κ1) is 26.7. The number of rotatable bonds is 8. The lowest BCUT2D eigenvalue weighted by Gasteiger charge is -2.24. The SMILES string of the molecule is Cc1c(/C=N\NC(=O)CN(c2ccc(Cl)cc2Cl)S(=O)(=O)c2ccccc2)c(Cl)nn1-c1ccccc1. The third-order valence-electron chi connectivity index (χ3n) is 5.30. The van der Waals surface area contributed by atoms with Gasteiger partial charge in [0.05, 0.1) is 38.8 Å². The number of amides is 1. The van der Waals surface area contributed by atoms with Crippen LogP contribution in [0.5, 0.6) is 0 Å². The van der Waals surface area contributed by atoms with E-state index in [0.717, 1.165) is 9.99 Å². The summed E-state index contributed by atoms with van der Waals surface area (Å²) in [5, 5.41) is 8.87. The summed E-state index contributed by atoms with van der Waals surface area (Å²) in [6.07, 6.45) is 1.35. The number of anilines is 1. The highest BCUT2D eigenvalue weighted by Crippen LogP contribution is 2.32. The molecule has 37 heavy (non-hydrogen) atoms. The summed E-state index contributed by atoms with van der Waals surface area (Å²) in [4.78, 5) is 12.8. The van der Waals surface area contributed by atoms with E-state index in [4.69, 9.17) is 34.8 Å². The number of para-hydroxylation sites is 1. The Morgan fingerprint density at radius 3 is 2.32 bits per heavy atom. The highest BCUT2D eigenvalue weighted by Gasteiger charge is 2.28. The molecule has 0 fully saturated rings. The van der Waals surface area contributed by atoms with Crippen molar-refractivity contribution in [3.63, 3.8) is 0 Å². The molecule has 0 aliphatic heterocycles. The number of benzene rings is 3. The molecule has 12 heteroatoms. The molecule has 1 N–H and O–H groups in total. The quantitative estimate of drug-likeness (QED) is 0.222. The van der Waals surface area contributed by atoms with Crippen LogP contribution in [0.3, 0.4) is 0 Å². The van der Waals surface area contributed by atoms with E-state index >= 15 is 0 Å². The van der Waals surface area contributed by atoms with Crippen LogP contribution in [-0.4, -0.2) is 36.9 Å². The number of nitrogens with zero attached hydrogens (tertiary/aromatic N) is 4. The van der Waals surface area contributed by atoms with Gasteiger partial charge in [-0.05, 0) is 49.4 Å². The van der Waals surface area contributed by atoms with Crippen molar-refractivity contribution in [3.8, 4) is 5.69 Å². The van der Waals surface area contributed by atoms with Crippen LogP contribution in [0, 0.1) is 6.92 Å². The maximum Gasteiger partial charge on any atom is 0.264 e. The Morgan fingerprint density at radius 1 is 1.03 bits per heavy atom. The number of hydrazone groups is 1. The lowest BCUT2D eigenvalue weighted by Crippen LogP contribution is -2.39. The minimum atomic E-state index is -4.14. The molecule has 0 saturated carbocycles. The van der Waals surface area contributed by atoms with Gasteiger partial charge in [0.1, 0.15) is 6.54 Å². The Hall–Kier alpha value is -3.37. The minimum absolute atomic E-state index is 0.00643. The Balaban J connectivity index is 1.57. The van der Waals surface area contributed by atoms with Gasteiger partial charge in [-0.25, -0.2) is 18.5 Å². The van der Waals surface area contributed by atoms with E-state index in [9.17, 15) is 13.2 Å². The van der Waals surface area contributed by atoms with Crippen molar-refractivity contribution in [1.29, 1.82) is 0 Å². The highest BCUT2D eigenvalue weighted by molar-refractivity contribution is 7.92. The molecular formula is C25H20Cl3N5O3S. The summed E-state index contributed by atoms with van der Waals surface area (Å²) in [5.41, 5.74) is 4.46. The van der Waals surface area contributed by atoms with Crippen LogP contribution in [0.2, 0.25) is 15.2 Å². The normalized spacial score (nSPS) is 11.6. The van der Waals surface area contributed by atoms with Crippen LogP contribution in [0.1, 0.15) is 11.3 Å². The van der Waals surface area contributed by atoms with Gasteiger partial charge >= 0.3 is 0 Å². The molecule has 0 unspecified atom stereocenters.